The Bertz CT molecular complexity index is 1360. The largest absolute Gasteiger partial charge is 0.497 e. The average molecular weight is 439 g/mol. The Morgan fingerprint density at radius 2 is 1.74 bits per heavy atom. The second kappa shape index (κ2) is 8.57. The molecule has 9 heteroatoms. The van der Waals surface area contributed by atoms with E-state index in [0.29, 0.717) is 27.2 Å². The van der Waals surface area contributed by atoms with E-state index in [9.17, 15) is 18.8 Å². The van der Waals surface area contributed by atoms with Crippen molar-refractivity contribution in [3.63, 3.8) is 0 Å². The Labute approximate surface area is 180 Å². The van der Waals surface area contributed by atoms with E-state index in [1.165, 1.54) is 40.2 Å². The predicted molar refractivity (Wildman–Crippen MR) is 117 cm³/mol. The van der Waals surface area contributed by atoms with Crippen LogP contribution in [0.15, 0.2) is 69.6 Å². The first kappa shape index (κ1) is 20.5. The number of thiophene rings is 1. The van der Waals surface area contributed by atoms with Gasteiger partial charge in [0, 0.05) is 5.69 Å². The molecule has 0 bridgehead atoms. The molecule has 2 aromatic heterocycles. The normalized spacial score (nSPS) is 10.9. The standard InChI is InChI=1S/C22H18FN3O4S/c1-30-17-8-6-16(7-9-17)24-19(27)13-25-18-10-11-31-20(18)21(28)26(22(25)29)12-14-2-4-15(23)5-3-14/h2-11H,12-13H2,1H3,(H,24,27). The zero-order chi connectivity index (χ0) is 22.0. The van der Waals surface area contributed by atoms with Crippen LogP contribution in [0.5, 0.6) is 5.75 Å². The van der Waals surface area contributed by atoms with Crippen molar-refractivity contribution in [2.45, 2.75) is 13.1 Å². The first-order valence-corrected chi connectivity index (χ1v) is 10.2. The summed E-state index contributed by atoms with van der Waals surface area (Å²) in [6.45, 7) is -0.284. The number of nitrogens with one attached hydrogen (secondary N) is 1. The molecule has 0 atom stereocenters. The van der Waals surface area contributed by atoms with Gasteiger partial charge in [-0.15, -0.1) is 11.3 Å². The molecule has 2 heterocycles. The lowest BCUT2D eigenvalue weighted by atomic mass is 10.2. The second-order valence-electron chi connectivity index (χ2n) is 6.80. The number of fused-ring (bicyclic) bond motifs is 1. The molecule has 0 unspecified atom stereocenters. The van der Waals surface area contributed by atoms with Crippen LogP contribution in [0, 0.1) is 5.82 Å². The predicted octanol–water partition coefficient (Wildman–Crippen LogP) is 3.06. The molecule has 0 aliphatic heterocycles. The summed E-state index contributed by atoms with van der Waals surface area (Å²) in [5.74, 6) is -0.161. The van der Waals surface area contributed by atoms with Crippen molar-refractivity contribution < 1.29 is 13.9 Å². The Balaban J connectivity index is 1.67. The number of hydrogen-bond acceptors (Lipinski definition) is 5. The Kier molecular flexibility index (Phi) is 5.68. The van der Waals surface area contributed by atoms with E-state index in [1.54, 1.807) is 42.8 Å². The highest BCUT2D eigenvalue weighted by molar-refractivity contribution is 7.17. The third-order valence-corrected chi connectivity index (χ3v) is 5.66. The van der Waals surface area contributed by atoms with Crippen LogP contribution in [0.3, 0.4) is 0 Å². The number of rotatable bonds is 6. The summed E-state index contributed by atoms with van der Waals surface area (Å²) < 4.78 is 21.0. The lowest BCUT2D eigenvalue weighted by molar-refractivity contribution is -0.116. The molecule has 7 nitrogen and oxygen atoms in total. The lowest BCUT2D eigenvalue weighted by Crippen LogP contribution is -2.41. The number of benzene rings is 2. The summed E-state index contributed by atoms with van der Waals surface area (Å²) >= 11 is 1.20. The fourth-order valence-electron chi connectivity index (χ4n) is 3.22. The highest BCUT2D eigenvalue weighted by Gasteiger charge is 2.17. The van der Waals surface area contributed by atoms with Crippen molar-refractivity contribution >= 4 is 33.1 Å². The van der Waals surface area contributed by atoms with E-state index >= 15 is 0 Å². The van der Waals surface area contributed by atoms with Crippen LogP contribution >= 0.6 is 11.3 Å². The first-order valence-electron chi connectivity index (χ1n) is 9.35. The van der Waals surface area contributed by atoms with Gasteiger partial charge in [0.2, 0.25) is 5.91 Å². The molecule has 0 radical (unpaired) electrons. The number of aromatic nitrogens is 2. The number of amides is 1. The minimum absolute atomic E-state index is 0.0219. The fraction of sp³-hybridized carbons (Fsp3) is 0.136. The summed E-state index contributed by atoms with van der Waals surface area (Å²) in [5.41, 5.74) is 0.516. The maximum Gasteiger partial charge on any atom is 0.332 e. The van der Waals surface area contributed by atoms with E-state index in [2.05, 4.69) is 5.32 Å². The number of carbonyl (C=O) groups excluding carboxylic acids is 1. The number of ether oxygens (including phenoxy) is 1. The molecule has 0 spiro atoms. The monoisotopic (exact) mass is 439 g/mol. The molecule has 2 aromatic carbocycles. The van der Waals surface area contributed by atoms with E-state index in [-0.39, 0.29) is 13.1 Å². The Hall–Kier alpha value is -3.72. The summed E-state index contributed by atoms with van der Waals surface area (Å²) in [6, 6.07) is 14.0. The van der Waals surface area contributed by atoms with Gasteiger partial charge in [-0.25, -0.2) is 9.18 Å². The van der Waals surface area contributed by atoms with Crippen LogP contribution in [-0.2, 0) is 17.9 Å². The molecule has 158 valence electrons. The first-order chi connectivity index (χ1) is 15.0. The molecule has 0 saturated heterocycles. The van der Waals surface area contributed by atoms with E-state index in [0.717, 1.165) is 4.57 Å². The topological polar surface area (TPSA) is 82.3 Å². The molecule has 0 fully saturated rings. The van der Waals surface area contributed by atoms with Crippen molar-refractivity contribution in [2.24, 2.45) is 0 Å². The van der Waals surface area contributed by atoms with Crippen molar-refractivity contribution in [1.82, 2.24) is 9.13 Å². The molecular weight excluding hydrogens is 421 g/mol. The molecule has 1 N–H and O–H groups in total. The van der Waals surface area contributed by atoms with Gasteiger partial charge < -0.3 is 10.1 Å². The zero-order valence-corrected chi connectivity index (χ0v) is 17.3. The smallest absolute Gasteiger partial charge is 0.332 e. The molecule has 4 aromatic rings. The third-order valence-electron chi connectivity index (χ3n) is 4.77. The van der Waals surface area contributed by atoms with Crippen LogP contribution in [-0.4, -0.2) is 22.2 Å². The Morgan fingerprint density at radius 3 is 2.42 bits per heavy atom. The SMILES string of the molecule is COc1ccc(NC(=O)Cn2c(=O)n(Cc3ccc(F)cc3)c(=O)c3sccc32)cc1. The molecule has 0 aliphatic carbocycles. The van der Waals surface area contributed by atoms with Gasteiger partial charge in [-0.1, -0.05) is 12.1 Å². The third kappa shape index (κ3) is 4.26. The van der Waals surface area contributed by atoms with Gasteiger partial charge in [-0.05, 0) is 53.4 Å². The second-order valence-corrected chi connectivity index (χ2v) is 7.71. The molecular formula is C22H18FN3O4S. The van der Waals surface area contributed by atoms with Crippen LogP contribution in [0.4, 0.5) is 10.1 Å². The maximum absolute atomic E-state index is 13.2. The fourth-order valence-corrected chi connectivity index (χ4v) is 4.06. The summed E-state index contributed by atoms with van der Waals surface area (Å²) in [5, 5.41) is 4.44. The van der Waals surface area contributed by atoms with Crippen molar-refractivity contribution in [3.05, 3.63) is 92.2 Å². The van der Waals surface area contributed by atoms with Crippen molar-refractivity contribution in [2.75, 3.05) is 12.4 Å². The van der Waals surface area contributed by atoms with Crippen LogP contribution in [0.25, 0.3) is 10.2 Å². The van der Waals surface area contributed by atoms with Gasteiger partial charge in [0.15, 0.2) is 0 Å². The van der Waals surface area contributed by atoms with E-state index in [4.69, 9.17) is 4.74 Å². The van der Waals surface area contributed by atoms with E-state index < -0.39 is 23.0 Å². The van der Waals surface area contributed by atoms with Crippen molar-refractivity contribution in [3.8, 4) is 5.75 Å². The van der Waals surface area contributed by atoms with Gasteiger partial charge in [0.05, 0.1) is 19.2 Å². The highest BCUT2D eigenvalue weighted by atomic mass is 32.1. The summed E-state index contributed by atoms with van der Waals surface area (Å²) in [6.07, 6.45) is 0. The van der Waals surface area contributed by atoms with Gasteiger partial charge in [-0.2, -0.15) is 0 Å². The molecule has 4 rings (SSSR count). The molecule has 31 heavy (non-hydrogen) atoms. The Morgan fingerprint density at radius 1 is 1.03 bits per heavy atom. The molecule has 1 amide bonds. The summed E-state index contributed by atoms with van der Waals surface area (Å²) in [7, 11) is 1.55. The van der Waals surface area contributed by atoms with Gasteiger partial charge >= 0.3 is 5.69 Å². The number of anilines is 1. The number of carbonyl (C=O) groups is 1. The highest BCUT2D eigenvalue weighted by Crippen LogP contribution is 2.17. The number of methoxy groups -OCH3 is 1. The quantitative estimate of drug-likeness (QED) is 0.501. The maximum atomic E-state index is 13.2. The van der Waals surface area contributed by atoms with Crippen LogP contribution in [0.2, 0.25) is 0 Å². The minimum atomic E-state index is -0.606. The summed E-state index contributed by atoms with van der Waals surface area (Å²) in [4.78, 5) is 38.6. The van der Waals surface area contributed by atoms with Crippen molar-refractivity contribution in [1.29, 1.82) is 0 Å². The van der Waals surface area contributed by atoms with E-state index in [1.807, 2.05) is 0 Å². The molecule has 0 aliphatic rings. The average Bonchev–Trinajstić information content (AvgIpc) is 3.26. The van der Waals surface area contributed by atoms with Crippen LogP contribution in [0.1, 0.15) is 5.56 Å². The lowest BCUT2D eigenvalue weighted by Gasteiger charge is -2.13. The number of nitrogens with zero attached hydrogens (tertiary/aromatic N) is 2. The number of halogens is 1. The number of hydrogen-bond donors (Lipinski definition) is 1. The van der Waals surface area contributed by atoms with Gasteiger partial charge in [0.1, 0.15) is 22.8 Å². The zero-order valence-electron chi connectivity index (χ0n) is 16.5. The van der Waals surface area contributed by atoms with Crippen LogP contribution < -0.4 is 21.3 Å². The van der Waals surface area contributed by atoms with Gasteiger partial charge in [-0.3, -0.25) is 18.7 Å². The van der Waals surface area contributed by atoms with Gasteiger partial charge in [0.25, 0.3) is 5.56 Å². The molecule has 0 saturated carbocycles. The minimum Gasteiger partial charge on any atom is -0.497 e.